The molecule has 138 valence electrons. The number of benzene rings is 1. The molecule has 0 bridgehead atoms. The normalized spacial score (nSPS) is 23.3. The molecule has 26 heavy (non-hydrogen) atoms. The highest BCUT2D eigenvalue weighted by atomic mass is 32.2. The molecule has 1 aliphatic carbocycles. The zero-order valence-electron chi connectivity index (χ0n) is 14.9. The van der Waals surface area contributed by atoms with Gasteiger partial charge in [-0.15, -0.1) is 0 Å². The summed E-state index contributed by atoms with van der Waals surface area (Å²) in [4.78, 5) is 4.56. The zero-order chi connectivity index (χ0) is 18.7. The third-order valence-corrected chi connectivity index (χ3v) is 7.30. The van der Waals surface area contributed by atoms with Gasteiger partial charge >= 0.3 is 0 Å². The molecule has 0 radical (unpaired) electrons. The van der Waals surface area contributed by atoms with Crippen LogP contribution in [0.25, 0.3) is 0 Å². The minimum atomic E-state index is -2.90. The third kappa shape index (κ3) is 4.21. The van der Waals surface area contributed by atoms with Gasteiger partial charge in [-0.3, -0.25) is 4.99 Å². The van der Waals surface area contributed by atoms with Crippen LogP contribution in [0.5, 0.6) is 0 Å². The lowest BCUT2D eigenvalue weighted by Crippen LogP contribution is -2.24. The van der Waals surface area contributed by atoms with Crippen LogP contribution in [-0.4, -0.2) is 32.2 Å². The Morgan fingerprint density at radius 3 is 2.65 bits per heavy atom. The molecule has 0 N–H and O–H groups in total. The smallest absolute Gasteiger partial charge is 0.150 e. The van der Waals surface area contributed by atoms with Crippen molar-refractivity contribution in [3.63, 3.8) is 0 Å². The second kappa shape index (κ2) is 7.71. The fourth-order valence-corrected chi connectivity index (χ4v) is 5.10. The van der Waals surface area contributed by atoms with E-state index in [0.29, 0.717) is 18.2 Å². The van der Waals surface area contributed by atoms with E-state index in [1.165, 1.54) is 11.6 Å². The molecule has 0 amide bonds. The number of allylic oxidation sites excluding steroid dienone is 1. The molecule has 6 heteroatoms. The minimum absolute atomic E-state index is 0.0321. The van der Waals surface area contributed by atoms with Crippen molar-refractivity contribution in [3.05, 3.63) is 46.8 Å². The molecule has 0 atom stereocenters. The number of sulfone groups is 1. The monoisotopic (exact) mass is 374 g/mol. The molecule has 1 aliphatic heterocycles. The van der Waals surface area contributed by atoms with Crippen molar-refractivity contribution in [1.82, 2.24) is 0 Å². The Morgan fingerprint density at radius 2 is 2.00 bits per heavy atom. The topological polar surface area (TPSA) is 70.3 Å². The maximum absolute atomic E-state index is 13.5. The molecule has 0 unspecified atom stereocenters. The highest BCUT2D eigenvalue weighted by molar-refractivity contribution is 7.91. The maximum atomic E-state index is 13.5. The van der Waals surface area contributed by atoms with E-state index in [4.69, 9.17) is 5.26 Å². The summed E-state index contributed by atoms with van der Waals surface area (Å²) in [7, 11) is -2.90. The number of rotatable bonds is 5. The lowest BCUT2D eigenvalue weighted by atomic mass is 9.79. The van der Waals surface area contributed by atoms with Crippen LogP contribution in [0, 0.1) is 29.0 Å². The van der Waals surface area contributed by atoms with E-state index in [0.717, 1.165) is 37.0 Å². The molecular weight excluding hydrogens is 351 g/mol. The number of hydrogen-bond acceptors (Lipinski definition) is 4. The van der Waals surface area contributed by atoms with Crippen LogP contribution in [0.1, 0.15) is 43.7 Å². The van der Waals surface area contributed by atoms with Gasteiger partial charge in [-0.1, -0.05) is 6.92 Å². The highest BCUT2D eigenvalue weighted by Crippen LogP contribution is 2.35. The Labute approximate surface area is 154 Å². The number of nitriles is 1. The Morgan fingerprint density at radius 1 is 1.27 bits per heavy atom. The molecular formula is C20H23FN2O2S. The Bertz CT molecular complexity index is 889. The summed E-state index contributed by atoms with van der Waals surface area (Å²) in [5.41, 5.74) is 2.86. The first-order valence-electron chi connectivity index (χ1n) is 9.07. The minimum Gasteiger partial charge on any atom is -0.280 e. The van der Waals surface area contributed by atoms with Gasteiger partial charge in [0, 0.05) is 11.3 Å². The fourth-order valence-electron chi connectivity index (χ4n) is 3.81. The molecule has 1 aromatic rings. The fraction of sp³-hybridized carbons (Fsp3) is 0.500. The van der Waals surface area contributed by atoms with Gasteiger partial charge in [0.1, 0.15) is 21.7 Å². The highest BCUT2D eigenvalue weighted by Gasteiger charge is 2.28. The van der Waals surface area contributed by atoms with Crippen molar-refractivity contribution in [1.29, 1.82) is 5.26 Å². The quantitative estimate of drug-likeness (QED) is 0.789. The van der Waals surface area contributed by atoms with Crippen LogP contribution in [0.15, 0.2) is 34.8 Å². The largest absolute Gasteiger partial charge is 0.280 e. The zero-order valence-corrected chi connectivity index (χ0v) is 15.7. The Kier molecular flexibility index (Phi) is 5.57. The summed E-state index contributed by atoms with van der Waals surface area (Å²) >= 11 is 0. The van der Waals surface area contributed by atoms with Crippen molar-refractivity contribution in [3.8, 4) is 6.07 Å². The van der Waals surface area contributed by atoms with Gasteiger partial charge in [-0.05, 0) is 67.4 Å². The lowest BCUT2D eigenvalue weighted by molar-refractivity contribution is 0.320. The predicted molar refractivity (Wildman–Crippen MR) is 100 cm³/mol. The van der Waals surface area contributed by atoms with Gasteiger partial charge in [0.25, 0.3) is 0 Å². The van der Waals surface area contributed by atoms with Crippen molar-refractivity contribution < 1.29 is 12.8 Å². The molecule has 0 aromatic heterocycles. The number of halogens is 1. The van der Waals surface area contributed by atoms with Crippen LogP contribution in [0.3, 0.4) is 0 Å². The Hall–Kier alpha value is -2.00. The predicted octanol–water partition coefficient (Wildman–Crippen LogP) is 3.67. The van der Waals surface area contributed by atoms with Gasteiger partial charge in [-0.2, -0.15) is 5.26 Å². The number of hydrogen-bond donors (Lipinski definition) is 0. The first kappa shape index (κ1) is 18.8. The SMILES string of the molecule is CCS(=O)(=O)CC1CCC(C2=CC(c3ccc(F)c(C#N)c3)=NC2)CC1. The summed E-state index contributed by atoms with van der Waals surface area (Å²) in [5.74, 6) is 0.724. The number of nitrogens with zero attached hydrogens (tertiary/aromatic N) is 2. The van der Waals surface area contributed by atoms with Crippen molar-refractivity contribution in [2.75, 3.05) is 18.1 Å². The second-order valence-electron chi connectivity index (χ2n) is 7.14. The molecule has 0 saturated heterocycles. The van der Waals surface area contributed by atoms with E-state index < -0.39 is 15.7 Å². The molecule has 0 spiro atoms. The molecule has 2 aliphatic rings. The molecule has 1 fully saturated rings. The van der Waals surface area contributed by atoms with Crippen LogP contribution in [0.2, 0.25) is 0 Å². The first-order valence-corrected chi connectivity index (χ1v) is 10.9. The van der Waals surface area contributed by atoms with Gasteiger partial charge in [-0.25, -0.2) is 12.8 Å². The average Bonchev–Trinajstić information content (AvgIpc) is 3.12. The summed E-state index contributed by atoms with van der Waals surface area (Å²) in [6.45, 7) is 2.34. The summed E-state index contributed by atoms with van der Waals surface area (Å²) < 4.78 is 37.1. The van der Waals surface area contributed by atoms with E-state index in [1.807, 2.05) is 6.07 Å². The van der Waals surface area contributed by atoms with Gasteiger partial charge in [0.15, 0.2) is 0 Å². The molecule has 1 aromatic carbocycles. The summed E-state index contributed by atoms with van der Waals surface area (Å²) in [6.07, 6.45) is 5.91. The second-order valence-corrected chi connectivity index (χ2v) is 9.54. The van der Waals surface area contributed by atoms with Crippen LogP contribution in [-0.2, 0) is 9.84 Å². The molecule has 1 heterocycles. The van der Waals surface area contributed by atoms with Gasteiger partial charge < -0.3 is 0 Å². The van der Waals surface area contributed by atoms with E-state index >= 15 is 0 Å². The lowest BCUT2D eigenvalue weighted by Gasteiger charge is -2.28. The van der Waals surface area contributed by atoms with Gasteiger partial charge in [0.05, 0.1) is 23.6 Å². The van der Waals surface area contributed by atoms with Crippen molar-refractivity contribution in [2.24, 2.45) is 16.8 Å². The van der Waals surface area contributed by atoms with E-state index in [9.17, 15) is 12.8 Å². The van der Waals surface area contributed by atoms with Crippen LogP contribution in [0.4, 0.5) is 4.39 Å². The third-order valence-electron chi connectivity index (χ3n) is 5.44. The maximum Gasteiger partial charge on any atom is 0.150 e. The molecule has 4 nitrogen and oxygen atoms in total. The van der Waals surface area contributed by atoms with Crippen molar-refractivity contribution in [2.45, 2.75) is 32.6 Å². The molecule has 3 rings (SSSR count). The summed E-state index contributed by atoms with van der Waals surface area (Å²) in [5, 5.41) is 8.98. The number of aliphatic imine (C=N–C) groups is 1. The van der Waals surface area contributed by atoms with E-state index in [1.54, 1.807) is 19.1 Å². The Balaban J connectivity index is 1.63. The van der Waals surface area contributed by atoms with E-state index in [-0.39, 0.29) is 17.2 Å². The molecule has 1 saturated carbocycles. The standard InChI is InChI=1S/C20H23FN2O2S/c1-2-26(24,25)13-14-3-5-15(6-4-14)18-10-20(23-12-18)16-7-8-19(21)17(9-16)11-22/h7-10,14-15H,2-6,12-13H2,1H3. The average molecular weight is 374 g/mol. The summed E-state index contributed by atoms with van der Waals surface area (Å²) in [6, 6.07) is 6.36. The van der Waals surface area contributed by atoms with E-state index in [2.05, 4.69) is 11.1 Å². The van der Waals surface area contributed by atoms with Crippen molar-refractivity contribution >= 4 is 15.5 Å². The first-order chi connectivity index (χ1) is 12.4. The van der Waals surface area contributed by atoms with Gasteiger partial charge in [0.2, 0.25) is 0 Å². The van der Waals surface area contributed by atoms with Crippen LogP contribution < -0.4 is 0 Å². The van der Waals surface area contributed by atoms with Crippen LogP contribution >= 0.6 is 0 Å².